The zero-order valence-electron chi connectivity index (χ0n) is 13.7. The van der Waals surface area contributed by atoms with Crippen LogP contribution in [0.5, 0.6) is 0 Å². The van der Waals surface area contributed by atoms with Crippen LogP contribution in [-0.2, 0) is 22.4 Å². The number of urea groups is 1. The van der Waals surface area contributed by atoms with E-state index < -0.39 is 0 Å². The molecule has 0 aliphatic carbocycles. The lowest BCUT2D eigenvalue weighted by molar-refractivity contribution is -0.160. The predicted molar refractivity (Wildman–Crippen MR) is 83.1 cm³/mol. The Kier molecular flexibility index (Phi) is 5.12. The molecule has 1 N–H and O–H groups in total. The maximum absolute atomic E-state index is 12.4. The van der Waals surface area contributed by atoms with Gasteiger partial charge in [-0.3, -0.25) is 0 Å². The minimum atomic E-state index is -0.308. The molecule has 8 nitrogen and oxygen atoms in total. The molecule has 23 heavy (non-hydrogen) atoms. The van der Waals surface area contributed by atoms with E-state index in [1.807, 2.05) is 16.4 Å². The summed E-state index contributed by atoms with van der Waals surface area (Å²) in [6, 6.07) is -0.0376. The molecule has 0 radical (unpaired) electrons. The number of nitrogens with one attached hydrogen (secondary N) is 1. The van der Waals surface area contributed by atoms with Crippen LogP contribution in [0.25, 0.3) is 0 Å². The number of aryl methyl sites for hydroxylation is 1. The predicted octanol–water partition coefficient (Wildman–Crippen LogP) is 0.432. The first kappa shape index (κ1) is 16.2. The molecule has 2 aliphatic rings. The van der Waals surface area contributed by atoms with E-state index in [-0.39, 0.29) is 11.6 Å². The molecule has 8 heteroatoms. The number of morpholine rings is 1. The van der Waals surface area contributed by atoms with Crippen molar-refractivity contribution in [2.75, 3.05) is 39.5 Å². The lowest BCUT2D eigenvalue weighted by Gasteiger charge is -2.44. The third-order valence-electron chi connectivity index (χ3n) is 4.46. The molecule has 1 spiro atoms. The van der Waals surface area contributed by atoms with Crippen LogP contribution in [0.15, 0.2) is 6.33 Å². The molecule has 1 aromatic rings. The van der Waals surface area contributed by atoms with Crippen molar-refractivity contribution in [3.8, 4) is 0 Å². The molecule has 0 aromatic carbocycles. The normalized spacial score (nSPS) is 24.8. The molecular formula is C15H25N5O3. The van der Waals surface area contributed by atoms with Crippen molar-refractivity contribution in [2.45, 2.75) is 38.3 Å². The van der Waals surface area contributed by atoms with Crippen molar-refractivity contribution >= 4 is 6.03 Å². The van der Waals surface area contributed by atoms with Gasteiger partial charge in [0.2, 0.25) is 0 Å². The summed E-state index contributed by atoms with van der Waals surface area (Å²) in [5.41, 5.74) is -0.308. The van der Waals surface area contributed by atoms with Gasteiger partial charge in [0.1, 0.15) is 17.8 Å². The number of hydrogen-bond donors (Lipinski definition) is 1. The average Bonchev–Trinajstić information content (AvgIpc) is 3.03. The van der Waals surface area contributed by atoms with Gasteiger partial charge in [0, 0.05) is 32.7 Å². The largest absolute Gasteiger partial charge is 0.378 e. The van der Waals surface area contributed by atoms with Crippen molar-refractivity contribution in [3.63, 3.8) is 0 Å². The third kappa shape index (κ3) is 3.81. The van der Waals surface area contributed by atoms with E-state index in [1.165, 1.54) is 0 Å². The first-order valence-electron chi connectivity index (χ1n) is 8.34. The quantitative estimate of drug-likeness (QED) is 0.869. The lowest BCUT2D eigenvalue weighted by Crippen LogP contribution is -2.59. The van der Waals surface area contributed by atoms with Gasteiger partial charge >= 0.3 is 6.03 Å². The standard InChI is InChI=1S/C15H25N5O3/c1-2-13-18-17-12-20(13)6-5-16-14(21)19-7-9-23-15(10-19)4-3-8-22-11-15/h12H,2-11H2,1H3,(H,16,21). The summed E-state index contributed by atoms with van der Waals surface area (Å²) in [5, 5.41) is 10.9. The summed E-state index contributed by atoms with van der Waals surface area (Å²) in [5.74, 6) is 0.934. The fraction of sp³-hybridized carbons (Fsp3) is 0.800. The van der Waals surface area contributed by atoms with E-state index in [2.05, 4.69) is 15.5 Å². The smallest absolute Gasteiger partial charge is 0.317 e. The highest BCUT2D eigenvalue weighted by molar-refractivity contribution is 5.74. The van der Waals surface area contributed by atoms with E-state index in [1.54, 1.807) is 6.33 Å². The number of aromatic nitrogens is 3. The Morgan fingerprint density at radius 3 is 3.17 bits per heavy atom. The lowest BCUT2D eigenvalue weighted by atomic mass is 9.94. The second-order valence-corrected chi connectivity index (χ2v) is 6.14. The van der Waals surface area contributed by atoms with Crippen LogP contribution in [0.3, 0.4) is 0 Å². The molecule has 2 fully saturated rings. The Bertz CT molecular complexity index is 521. The summed E-state index contributed by atoms with van der Waals surface area (Å²) in [6.07, 6.45) is 4.48. The summed E-state index contributed by atoms with van der Waals surface area (Å²) < 4.78 is 13.4. The van der Waals surface area contributed by atoms with Gasteiger partial charge in [-0.2, -0.15) is 0 Å². The van der Waals surface area contributed by atoms with Crippen LogP contribution < -0.4 is 5.32 Å². The molecule has 1 aromatic heterocycles. The van der Waals surface area contributed by atoms with E-state index in [4.69, 9.17) is 9.47 Å². The molecule has 2 aliphatic heterocycles. The third-order valence-corrected chi connectivity index (χ3v) is 4.46. The van der Waals surface area contributed by atoms with Gasteiger partial charge in [0.15, 0.2) is 0 Å². The number of carbonyl (C=O) groups is 1. The highest BCUT2D eigenvalue weighted by Crippen LogP contribution is 2.27. The van der Waals surface area contributed by atoms with Gasteiger partial charge in [-0.15, -0.1) is 10.2 Å². The molecule has 1 atom stereocenters. The number of carbonyl (C=O) groups excluding carboxylic acids is 1. The van der Waals surface area contributed by atoms with E-state index in [0.717, 1.165) is 31.7 Å². The second-order valence-electron chi connectivity index (χ2n) is 6.14. The average molecular weight is 323 g/mol. The van der Waals surface area contributed by atoms with Gasteiger partial charge in [0.25, 0.3) is 0 Å². The number of rotatable bonds is 4. The molecule has 2 saturated heterocycles. The van der Waals surface area contributed by atoms with Crippen LogP contribution in [-0.4, -0.2) is 70.8 Å². The van der Waals surface area contributed by atoms with Gasteiger partial charge < -0.3 is 24.3 Å². The van der Waals surface area contributed by atoms with Gasteiger partial charge in [-0.05, 0) is 12.8 Å². The summed E-state index contributed by atoms with van der Waals surface area (Å²) in [6.45, 7) is 6.45. The molecule has 0 saturated carbocycles. The fourth-order valence-corrected chi connectivity index (χ4v) is 3.22. The molecule has 1 unspecified atom stereocenters. The minimum absolute atomic E-state index is 0.0376. The molecule has 128 valence electrons. The topological polar surface area (TPSA) is 81.5 Å². The van der Waals surface area contributed by atoms with E-state index >= 15 is 0 Å². The maximum Gasteiger partial charge on any atom is 0.317 e. The first-order chi connectivity index (χ1) is 11.2. The monoisotopic (exact) mass is 323 g/mol. The Balaban J connectivity index is 1.48. The summed E-state index contributed by atoms with van der Waals surface area (Å²) in [4.78, 5) is 14.2. The second kappa shape index (κ2) is 7.27. The van der Waals surface area contributed by atoms with Gasteiger partial charge in [-0.1, -0.05) is 6.92 Å². The van der Waals surface area contributed by atoms with Crippen molar-refractivity contribution in [2.24, 2.45) is 0 Å². The Morgan fingerprint density at radius 2 is 2.39 bits per heavy atom. The molecular weight excluding hydrogens is 298 g/mol. The Morgan fingerprint density at radius 1 is 1.48 bits per heavy atom. The van der Waals surface area contributed by atoms with Crippen molar-refractivity contribution < 1.29 is 14.3 Å². The number of nitrogens with zero attached hydrogens (tertiary/aromatic N) is 4. The highest BCUT2D eigenvalue weighted by Gasteiger charge is 2.40. The number of amides is 2. The Labute approximate surface area is 136 Å². The maximum atomic E-state index is 12.4. The molecule has 2 amide bonds. The van der Waals surface area contributed by atoms with Crippen LogP contribution >= 0.6 is 0 Å². The molecule has 3 rings (SSSR count). The fourth-order valence-electron chi connectivity index (χ4n) is 3.22. The Hall–Kier alpha value is -1.67. The highest BCUT2D eigenvalue weighted by atomic mass is 16.5. The van der Waals surface area contributed by atoms with Gasteiger partial charge in [0.05, 0.1) is 19.8 Å². The minimum Gasteiger partial charge on any atom is -0.378 e. The van der Waals surface area contributed by atoms with Crippen LogP contribution in [0.4, 0.5) is 4.79 Å². The van der Waals surface area contributed by atoms with Crippen molar-refractivity contribution in [1.82, 2.24) is 25.0 Å². The zero-order chi connectivity index (χ0) is 16.1. The van der Waals surface area contributed by atoms with Gasteiger partial charge in [-0.25, -0.2) is 4.79 Å². The van der Waals surface area contributed by atoms with Crippen molar-refractivity contribution in [1.29, 1.82) is 0 Å². The first-order valence-corrected chi connectivity index (χ1v) is 8.34. The summed E-state index contributed by atoms with van der Waals surface area (Å²) in [7, 11) is 0. The molecule has 0 bridgehead atoms. The summed E-state index contributed by atoms with van der Waals surface area (Å²) >= 11 is 0. The number of ether oxygens (including phenoxy) is 2. The number of hydrogen-bond acceptors (Lipinski definition) is 5. The van der Waals surface area contributed by atoms with Crippen molar-refractivity contribution in [3.05, 3.63) is 12.2 Å². The zero-order valence-corrected chi connectivity index (χ0v) is 13.7. The van der Waals surface area contributed by atoms with Crippen LogP contribution in [0.1, 0.15) is 25.6 Å². The van der Waals surface area contributed by atoms with E-state index in [0.29, 0.717) is 39.4 Å². The van der Waals surface area contributed by atoms with E-state index in [9.17, 15) is 4.79 Å². The van der Waals surface area contributed by atoms with Crippen LogP contribution in [0, 0.1) is 0 Å². The SMILES string of the molecule is CCc1nncn1CCNC(=O)N1CCOC2(CCCOC2)C1. The molecule has 3 heterocycles. The van der Waals surface area contributed by atoms with Crippen LogP contribution in [0.2, 0.25) is 0 Å².